The van der Waals surface area contributed by atoms with Crippen molar-refractivity contribution in [2.24, 2.45) is 0 Å². The van der Waals surface area contributed by atoms with E-state index in [9.17, 15) is 0 Å². The van der Waals surface area contributed by atoms with Crippen molar-refractivity contribution < 1.29 is 0 Å². The summed E-state index contributed by atoms with van der Waals surface area (Å²) in [5, 5.41) is 1.28. The molecule has 0 saturated carbocycles. The Bertz CT molecular complexity index is 2070. The number of pyridine rings is 3. The first-order valence-electron chi connectivity index (χ1n) is 13.7. The van der Waals surface area contributed by atoms with Crippen molar-refractivity contribution in [3.8, 4) is 33.8 Å². The molecule has 0 saturated heterocycles. The number of hydrogen-bond donors (Lipinski definition) is 0. The Morgan fingerprint density at radius 3 is 1.98 bits per heavy atom. The van der Waals surface area contributed by atoms with E-state index >= 15 is 0 Å². The lowest BCUT2D eigenvalue weighted by Crippen LogP contribution is -2.20. The molecule has 5 heteroatoms. The van der Waals surface area contributed by atoms with Crippen LogP contribution in [0.1, 0.15) is 38.3 Å². The molecular formula is C35H24N4S. The summed E-state index contributed by atoms with van der Waals surface area (Å²) in [4.78, 5) is 18.3. The fraction of sp³-hybridized carbons (Fsp3) is 0.114. The van der Waals surface area contributed by atoms with Gasteiger partial charge in [-0.25, -0.2) is 0 Å². The van der Waals surface area contributed by atoms with E-state index < -0.39 is 0 Å². The minimum Gasteiger partial charge on any atom is -0.369 e. The number of rotatable bonds is 2. The second kappa shape index (κ2) is 8.20. The van der Waals surface area contributed by atoms with Gasteiger partial charge in [0, 0.05) is 82.3 Å². The summed E-state index contributed by atoms with van der Waals surface area (Å²) in [7, 11) is 2.21. The van der Waals surface area contributed by atoms with Crippen LogP contribution in [0.4, 0.5) is 0 Å². The maximum absolute atomic E-state index is 4.97. The Kier molecular flexibility index (Phi) is 4.56. The van der Waals surface area contributed by atoms with Crippen LogP contribution in [0.15, 0.2) is 85.3 Å². The molecule has 0 amide bonds. The monoisotopic (exact) mass is 532 g/mol. The summed E-state index contributed by atoms with van der Waals surface area (Å²) in [6.07, 6.45) is 10.1. The number of hydrogen-bond acceptors (Lipinski definition) is 5. The molecule has 190 valence electrons. The summed E-state index contributed by atoms with van der Waals surface area (Å²) in [6.45, 7) is 0.879. The van der Waals surface area contributed by atoms with Gasteiger partial charge < -0.3 is 4.90 Å². The highest BCUT2D eigenvalue weighted by Crippen LogP contribution is 2.47. The third-order valence-electron chi connectivity index (χ3n) is 8.72. The zero-order valence-corrected chi connectivity index (χ0v) is 22.8. The van der Waals surface area contributed by atoms with Crippen LogP contribution >= 0.6 is 11.3 Å². The number of benzene rings is 2. The van der Waals surface area contributed by atoms with E-state index in [1.165, 1.54) is 70.7 Å². The Labute approximate surface area is 236 Å². The van der Waals surface area contributed by atoms with Crippen LogP contribution in [0.2, 0.25) is 0 Å². The van der Waals surface area contributed by atoms with Gasteiger partial charge in [0.25, 0.3) is 0 Å². The quantitative estimate of drug-likeness (QED) is 0.227. The van der Waals surface area contributed by atoms with Gasteiger partial charge in [-0.05, 0) is 46.5 Å². The van der Waals surface area contributed by atoms with Gasteiger partial charge in [0.2, 0.25) is 0 Å². The first-order chi connectivity index (χ1) is 19.7. The fourth-order valence-corrected chi connectivity index (χ4v) is 8.18. The van der Waals surface area contributed by atoms with E-state index in [4.69, 9.17) is 15.0 Å². The number of thiophene rings is 1. The van der Waals surface area contributed by atoms with Crippen molar-refractivity contribution in [3.63, 3.8) is 0 Å². The highest BCUT2D eigenvalue weighted by Gasteiger charge is 2.29. The first kappa shape index (κ1) is 22.2. The minimum absolute atomic E-state index is 0.879. The van der Waals surface area contributed by atoms with Gasteiger partial charge in [0.1, 0.15) is 0 Å². The SMILES string of the molecule is CN1Cc2sc3c(-c4ccnc5c4Cc4ccccc4-5)nccc3c2C=C1c1ccnc2c1Cc1ccccc1-2. The Balaban J connectivity index is 1.20. The van der Waals surface area contributed by atoms with Crippen LogP contribution in [-0.4, -0.2) is 26.9 Å². The topological polar surface area (TPSA) is 41.9 Å². The maximum atomic E-state index is 4.97. The number of nitrogens with zero attached hydrogens (tertiary/aromatic N) is 4. The van der Waals surface area contributed by atoms with Crippen LogP contribution < -0.4 is 0 Å². The lowest BCUT2D eigenvalue weighted by molar-refractivity contribution is 0.477. The summed E-state index contributed by atoms with van der Waals surface area (Å²) < 4.78 is 1.26. The third-order valence-corrected chi connectivity index (χ3v) is 9.93. The van der Waals surface area contributed by atoms with Gasteiger partial charge in [-0.15, -0.1) is 11.3 Å². The molecule has 0 bridgehead atoms. The normalized spacial score (nSPS) is 14.4. The lowest BCUT2D eigenvalue weighted by atomic mass is 9.97. The van der Waals surface area contributed by atoms with Crippen molar-refractivity contribution in [2.75, 3.05) is 7.05 Å². The van der Waals surface area contributed by atoms with E-state index in [2.05, 4.69) is 84.8 Å². The molecule has 0 radical (unpaired) electrons. The smallest absolute Gasteiger partial charge is 0.0884 e. The standard InChI is InChI=1S/C35H24N4S/c1-39-19-31-27(18-30(39)24-10-13-36-32-22-8-4-2-6-20(22)16-28(24)32)26-12-15-38-34(35(26)40-31)25-11-14-37-33-23-9-5-3-7-21(23)17-29(25)33/h2-15,18H,16-17,19H2,1H3. The van der Waals surface area contributed by atoms with Gasteiger partial charge in [-0.1, -0.05) is 48.5 Å². The first-order valence-corrected chi connectivity index (χ1v) is 14.5. The zero-order chi connectivity index (χ0) is 26.4. The van der Waals surface area contributed by atoms with E-state index in [0.29, 0.717) is 0 Å². The number of fused-ring (bicyclic) bond motifs is 9. The van der Waals surface area contributed by atoms with Crippen LogP contribution in [0.3, 0.4) is 0 Å². The Morgan fingerprint density at radius 2 is 1.25 bits per heavy atom. The second-order valence-electron chi connectivity index (χ2n) is 10.9. The van der Waals surface area contributed by atoms with Gasteiger partial charge >= 0.3 is 0 Å². The molecule has 1 aliphatic heterocycles. The average Bonchev–Trinajstić information content (AvgIpc) is 3.67. The lowest BCUT2D eigenvalue weighted by Gasteiger charge is -2.28. The molecule has 6 aromatic rings. The van der Waals surface area contributed by atoms with Crippen LogP contribution in [0, 0.1) is 0 Å². The molecule has 4 aromatic heterocycles. The van der Waals surface area contributed by atoms with Gasteiger partial charge in [0.15, 0.2) is 0 Å². The zero-order valence-electron chi connectivity index (χ0n) is 22.0. The van der Waals surface area contributed by atoms with Crippen molar-refractivity contribution in [1.82, 2.24) is 19.9 Å². The Morgan fingerprint density at radius 1 is 0.650 bits per heavy atom. The molecule has 2 aliphatic carbocycles. The predicted molar refractivity (Wildman–Crippen MR) is 163 cm³/mol. The van der Waals surface area contributed by atoms with Crippen LogP contribution in [-0.2, 0) is 19.4 Å². The van der Waals surface area contributed by atoms with Crippen LogP contribution in [0.5, 0.6) is 0 Å². The molecule has 0 unspecified atom stereocenters. The van der Waals surface area contributed by atoms with Crippen molar-refractivity contribution in [1.29, 1.82) is 0 Å². The molecule has 0 N–H and O–H groups in total. The third kappa shape index (κ3) is 3.04. The fourth-order valence-electron chi connectivity index (χ4n) is 6.85. The maximum Gasteiger partial charge on any atom is 0.0884 e. The Hall–Kier alpha value is -4.61. The summed E-state index contributed by atoms with van der Waals surface area (Å²) in [5.74, 6) is 0. The summed E-state index contributed by atoms with van der Waals surface area (Å²) >= 11 is 1.89. The second-order valence-corrected chi connectivity index (χ2v) is 12.0. The molecule has 4 nitrogen and oxygen atoms in total. The van der Waals surface area contributed by atoms with Crippen LogP contribution in [0.25, 0.3) is 55.6 Å². The number of aromatic nitrogens is 3. The highest BCUT2D eigenvalue weighted by molar-refractivity contribution is 7.20. The predicted octanol–water partition coefficient (Wildman–Crippen LogP) is 7.84. The molecule has 3 aliphatic rings. The van der Waals surface area contributed by atoms with Crippen molar-refractivity contribution >= 4 is 33.2 Å². The molecular weight excluding hydrogens is 508 g/mol. The highest BCUT2D eigenvalue weighted by atomic mass is 32.1. The molecule has 40 heavy (non-hydrogen) atoms. The van der Waals surface area contributed by atoms with Crippen molar-refractivity contribution in [3.05, 3.63) is 124 Å². The molecule has 0 atom stereocenters. The average molecular weight is 533 g/mol. The summed E-state index contributed by atoms with van der Waals surface area (Å²) in [6, 6.07) is 23.8. The summed E-state index contributed by atoms with van der Waals surface area (Å²) in [5.41, 5.74) is 16.2. The van der Waals surface area contributed by atoms with E-state index in [1.807, 2.05) is 29.9 Å². The van der Waals surface area contributed by atoms with E-state index in [-0.39, 0.29) is 0 Å². The molecule has 0 spiro atoms. The van der Waals surface area contributed by atoms with E-state index in [1.54, 1.807) is 0 Å². The molecule has 0 fully saturated rings. The molecule has 9 rings (SSSR count). The van der Waals surface area contributed by atoms with Gasteiger partial charge in [-0.2, -0.15) is 0 Å². The van der Waals surface area contributed by atoms with Gasteiger partial charge in [-0.3, -0.25) is 15.0 Å². The largest absolute Gasteiger partial charge is 0.369 e. The van der Waals surface area contributed by atoms with E-state index in [0.717, 1.165) is 36.5 Å². The minimum atomic E-state index is 0.879. The van der Waals surface area contributed by atoms with Crippen molar-refractivity contribution in [2.45, 2.75) is 19.4 Å². The molecule has 2 aromatic carbocycles. The molecule has 5 heterocycles. The van der Waals surface area contributed by atoms with Gasteiger partial charge in [0.05, 0.1) is 28.3 Å².